The van der Waals surface area contributed by atoms with E-state index in [4.69, 9.17) is 17.3 Å². The molecule has 0 aromatic heterocycles. The van der Waals surface area contributed by atoms with E-state index in [0.29, 0.717) is 0 Å². The molecule has 0 bridgehead atoms. The summed E-state index contributed by atoms with van der Waals surface area (Å²) in [5.74, 6) is 1.21. The van der Waals surface area contributed by atoms with Gasteiger partial charge in [0.15, 0.2) is 0 Å². The highest BCUT2D eigenvalue weighted by atomic mass is 35.5. The van der Waals surface area contributed by atoms with Crippen LogP contribution in [0.5, 0.6) is 0 Å². The monoisotopic (exact) mass is 298 g/mol. The van der Waals surface area contributed by atoms with E-state index in [1.54, 1.807) is 0 Å². The number of hydrogen-bond donors (Lipinski definition) is 1. The highest BCUT2D eigenvalue weighted by Crippen LogP contribution is 2.29. The lowest BCUT2D eigenvalue weighted by Gasteiger charge is -2.34. The van der Waals surface area contributed by atoms with E-state index in [2.05, 4.69) is 41.8 Å². The van der Waals surface area contributed by atoms with E-state index in [1.807, 2.05) is 6.92 Å². The second kappa shape index (κ2) is 6.87. The zero-order valence-electron chi connectivity index (χ0n) is 11.7. The summed E-state index contributed by atoms with van der Waals surface area (Å²) in [5.41, 5.74) is 8.24. The third-order valence-electron chi connectivity index (χ3n) is 3.54. The zero-order valence-corrected chi connectivity index (χ0v) is 13.3. The maximum atomic E-state index is 6.38. The summed E-state index contributed by atoms with van der Waals surface area (Å²) in [6.45, 7) is 6.52. The minimum absolute atomic E-state index is 0.152. The highest BCUT2D eigenvalue weighted by Gasteiger charge is 2.19. The molecule has 2 atom stereocenters. The molecule has 2 nitrogen and oxygen atoms in total. The van der Waals surface area contributed by atoms with Gasteiger partial charge < -0.3 is 10.6 Å². The fourth-order valence-corrected chi connectivity index (χ4v) is 3.88. The Morgan fingerprint density at radius 1 is 1.53 bits per heavy atom. The maximum Gasteiger partial charge on any atom is 0.0459 e. The molecule has 1 aromatic rings. The smallest absolute Gasteiger partial charge is 0.0459 e. The quantitative estimate of drug-likeness (QED) is 0.921. The van der Waals surface area contributed by atoms with Crippen LogP contribution in [0.25, 0.3) is 0 Å². The van der Waals surface area contributed by atoms with Gasteiger partial charge in [0.25, 0.3) is 0 Å². The third kappa shape index (κ3) is 4.04. The highest BCUT2D eigenvalue weighted by molar-refractivity contribution is 8.00. The molecule has 0 spiro atoms. The standard InChI is InChI=1S/C15H23ClN2S/c1-3-14-10-18(6-7-19-14)13-5-4-12(8-11(2)17)15(16)9-13/h4-5,9,11,14H,3,6-8,10,17H2,1-2H3. The molecule has 0 aliphatic carbocycles. The van der Waals surface area contributed by atoms with Gasteiger partial charge in [0.1, 0.15) is 0 Å². The number of nitrogens with zero attached hydrogens (tertiary/aromatic N) is 1. The summed E-state index contributed by atoms with van der Waals surface area (Å²) < 4.78 is 0. The molecule has 2 rings (SSSR count). The van der Waals surface area contributed by atoms with Crippen LogP contribution in [0.1, 0.15) is 25.8 Å². The molecule has 0 radical (unpaired) electrons. The summed E-state index contributed by atoms with van der Waals surface area (Å²) >= 11 is 8.46. The molecular formula is C15H23ClN2S. The van der Waals surface area contributed by atoms with Crippen LogP contribution in [0.2, 0.25) is 5.02 Å². The number of halogens is 1. The summed E-state index contributed by atoms with van der Waals surface area (Å²) in [7, 11) is 0. The first-order valence-electron chi connectivity index (χ1n) is 7.00. The van der Waals surface area contributed by atoms with Crippen molar-refractivity contribution in [1.82, 2.24) is 0 Å². The Hall–Kier alpha value is -0.380. The Morgan fingerprint density at radius 3 is 2.95 bits per heavy atom. The van der Waals surface area contributed by atoms with Crippen LogP contribution >= 0.6 is 23.4 Å². The van der Waals surface area contributed by atoms with E-state index in [-0.39, 0.29) is 6.04 Å². The first kappa shape index (κ1) is 15.0. The molecule has 1 aliphatic rings. The summed E-state index contributed by atoms with van der Waals surface area (Å²) in [4.78, 5) is 2.45. The van der Waals surface area contributed by atoms with Crippen molar-refractivity contribution in [3.63, 3.8) is 0 Å². The van der Waals surface area contributed by atoms with Crippen LogP contribution in [0, 0.1) is 0 Å². The third-order valence-corrected chi connectivity index (χ3v) is 5.26. The van der Waals surface area contributed by atoms with Crippen LogP contribution < -0.4 is 10.6 Å². The predicted octanol–water partition coefficient (Wildman–Crippen LogP) is 3.56. The van der Waals surface area contributed by atoms with Gasteiger partial charge >= 0.3 is 0 Å². The lowest BCUT2D eigenvalue weighted by atomic mass is 10.1. The van der Waals surface area contributed by atoms with E-state index in [9.17, 15) is 0 Å². The van der Waals surface area contributed by atoms with Crippen molar-refractivity contribution in [3.8, 4) is 0 Å². The van der Waals surface area contributed by atoms with Gasteiger partial charge in [0.2, 0.25) is 0 Å². The Labute approximate surface area is 125 Å². The van der Waals surface area contributed by atoms with Crippen molar-refractivity contribution < 1.29 is 0 Å². The fraction of sp³-hybridized carbons (Fsp3) is 0.600. The molecule has 0 saturated carbocycles. The molecule has 0 amide bonds. The Balaban J connectivity index is 2.10. The first-order valence-corrected chi connectivity index (χ1v) is 8.43. The summed E-state index contributed by atoms with van der Waals surface area (Å²) in [6, 6.07) is 6.57. The van der Waals surface area contributed by atoms with Gasteiger partial charge in [-0.25, -0.2) is 0 Å². The Kier molecular flexibility index (Phi) is 5.43. The van der Waals surface area contributed by atoms with Crippen LogP contribution in [0.15, 0.2) is 18.2 Å². The second-order valence-corrected chi connectivity index (χ2v) is 7.12. The average molecular weight is 299 g/mol. The topological polar surface area (TPSA) is 29.3 Å². The van der Waals surface area contributed by atoms with Crippen LogP contribution in [0.4, 0.5) is 5.69 Å². The molecule has 1 saturated heterocycles. The lowest BCUT2D eigenvalue weighted by molar-refractivity contribution is 0.725. The van der Waals surface area contributed by atoms with Crippen molar-refractivity contribution in [2.45, 2.75) is 38.0 Å². The van der Waals surface area contributed by atoms with Gasteiger partial charge in [-0.15, -0.1) is 0 Å². The largest absolute Gasteiger partial charge is 0.370 e. The molecule has 4 heteroatoms. The molecule has 1 aromatic carbocycles. The van der Waals surface area contributed by atoms with Crippen LogP contribution in [-0.2, 0) is 6.42 Å². The normalized spacial score (nSPS) is 21.5. The predicted molar refractivity (Wildman–Crippen MR) is 87.6 cm³/mol. The second-order valence-electron chi connectivity index (χ2n) is 5.30. The van der Waals surface area contributed by atoms with Gasteiger partial charge in [-0.3, -0.25) is 0 Å². The lowest BCUT2D eigenvalue weighted by Crippen LogP contribution is -2.37. The van der Waals surface area contributed by atoms with Gasteiger partial charge in [0.05, 0.1) is 0 Å². The fourth-order valence-electron chi connectivity index (χ4n) is 2.45. The number of hydrogen-bond acceptors (Lipinski definition) is 3. The van der Waals surface area contributed by atoms with Gasteiger partial charge in [-0.05, 0) is 37.5 Å². The van der Waals surface area contributed by atoms with E-state index >= 15 is 0 Å². The van der Waals surface area contributed by atoms with E-state index < -0.39 is 0 Å². The van der Waals surface area contributed by atoms with Crippen LogP contribution in [-0.4, -0.2) is 30.1 Å². The average Bonchev–Trinajstić information content (AvgIpc) is 2.40. The van der Waals surface area contributed by atoms with Crippen LogP contribution in [0.3, 0.4) is 0 Å². The molecular weight excluding hydrogens is 276 g/mol. The van der Waals surface area contributed by atoms with Crippen molar-refractivity contribution in [2.24, 2.45) is 5.73 Å². The van der Waals surface area contributed by atoms with Gasteiger partial charge in [-0.2, -0.15) is 11.8 Å². The number of thioether (sulfide) groups is 1. The molecule has 2 N–H and O–H groups in total. The minimum atomic E-state index is 0.152. The molecule has 1 heterocycles. The van der Waals surface area contributed by atoms with E-state index in [0.717, 1.165) is 35.3 Å². The molecule has 1 fully saturated rings. The van der Waals surface area contributed by atoms with Gasteiger partial charge in [0, 0.05) is 40.8 Å². The minimum Gasteiger partial charge on any atom is -0.370 e. The number of benzene rings is 1. The molecule has 2 unspecified atom stereocenters. The SMILES string of the molecule is CCC1CN(c2ccc(CC(C)N)c(Cl)c2)CCS1. The van der Waals surface area contributed by atoms with Crippen molar-refractivity contribution >= 4 is 29.1 Å². The molecule has 1 aliphatic heterocycles. The number of rotatable bonds is 4. The Morgan fingerprint density at radius 2 is 2.32 bits per heavy atom. The maximum absolute atomic E-state index is 6.38. The Bertz CT molecular complexity index is 423. The van der Waals surface area contributed by atoms with Gasteiger partial charge in [-0.1, -0.05) is 24.6 Å². The van der Waals surface area contributed by atoms with E-state index in [1.165, 1.54) is 17.9 Å². The molecule has 19 heavy (non-hydrogen) atoms. The first-order chi connectivity index (χ1) is 9.10. The summed E-state index contributed by atoms with van der Waals surface area (Å²) in [6.07, 6.45) is 2.07. The van der Waals surface area contributed by atoms with Crippen molar-refractivity contribution in [3.05, 3.63) is 28.8 Å². The van der Waals surface area contributed by atoms with Crippen molar-refractivity contribution in [2.75, 3.05) is 23.7 Å². The summed E-state index contributed by atoms with van der Waals surface area (Å²) in [5, 5.41) is 1.59. The zero-order chi connectivity index (χ0) is 13.8. The number of nitrogens with two attached hydrogens (primary N) is 1. The number of anilines is 1. The molecule has 106 valence electrons. The van der Waals surface area contributed by atoms with Crippen molar-refractivity contribution in [1.29, 1.82) is 0 Å².